The molecule has 0 amide bonds. The third kappa shape index (κ3) is 2.63. The van der Waals surface area contributed by atoms with Crippen LogP contribution in [0.2, 0.25) is 0 Å². The van der Waals surface area contributed by atoms with Gasteiger partial charge in [0.25, 0.3) is 0 Å². The summed E-state index contributed by atoms with van der Waals surface area (Å²) in [6.07, 6.45) is 0.920. The molecule has 0 saturated carbocycles. The summed E-state index contributed by atoms with van der Waals surface area (Å²) in [6, 6.07) is 9.21. The first-order valence-electron chi connectivity index (χ1n) is 6.41. The van der Waals surface area contributed by atoms with Gasteiger partial charge in [0.15, 0.2) is 0 Å². The summed E-state index contributed by atoms with van der Waals surface area (Å²) in [7, 11) is 0. The van der Waals surface area contributed by atoms with Crippen LogP contribution < -0.4 is 4.74 Å². The molecule has 1 atom stereocenters. The topological polar surface area (TPSA) is 9.23 Å². The van der Waals surface area contributed by atoms with E-state index < -0.39 is 0 Å². The second kappa shape index (κ2) is 5.49. The monoisotopic (exact) mass is 398 g/mol. The number of aryl methyl sites for hydroxylation is 1. The van der Waals surface area contributed by atoms with E-state index in [0.29, 0.717) is 6.61 Å². The van der Waals surface area contributed by atoms with Crippen molar-refractivity contribution in [3.05, 3.63) is 62.9 Å². The van der Waals surface area contributed by atoms with Crippen LogP contribution in [-0.2, 0) is 6.42 Å². The molecule has 0 N–H and O–H groups in total. The number of hydrogen-bond donors (Lipinski definition) is 0. The van der Waals surface area contributed by atoms with Crippen molar-refractivity contribution in [2.24, 2.45) is 0 Å². The Morgan fingerprint density at radius 1 is 1.20 bits per heavy atom. The molecule has 1 heterocycles. The van der Waals surface area contributed by atoms with Crippen molar-refractivity contribution in [1.29, 1.82) is 0 Å². The van der Waals surface area contributed by atoms with Gasteiger partial charge in [-0.05, 0) is 47.9 Å². The molecule has 0 aromatic heterocycles. The number of rotatable bonds is 2. The van der Waals surface area contributed by atoms with E-state index in [1.165, 1.54) is 11.6 Å². The number of benzene rings is 2. The van der Waals surface area contributed by atoms with E-state index in [-0.39, 0.29) is 10.6 Å². The fraction of sp³-hybridized carbons (Fsp3) is 0.250. The standard InChI is InChI=1S/C16H13Br2FO/c1-9-4-11(7-13(19)5-9)15(18)14-8-12(17)6-10-2-3-20-16(10)14/h4-8,15H,2-3H2,1H3. The molecule has 0 spiro atoms. The predicted octanol–water partition coefficient (Wildman–Crippen LogP) is 5.32. The lowest BCUT2D eigenvalue weighted by atomic mass is 9.99. The quantitative estimate of drug-likeness (QED) is 0.621. The molecule has 2 aromatic carbocycles. The Hall–Kier alpha value is -0.870. The Morgan fingerprint density at radius 3 is 2.75 bits per heavy atom. The molecule has 1 unspecified atom stereocenters. The van der Waals surface area contributed by atoms with E-state index in [2.05, 4.69) is 37.9 Å². The Kier molecular flexibility index (Phi) is 3.87. The van der Waals surface area contributed by atoms with Crippen molar-refractivity contribution in [2.75, 3.05) is 6.61 Å². The van der Waals surface area contributed by atoms with E-state index in [0.717, 1.165) is 33.3 Å². The molecule has 4 heteroatoms. The molecule has 0 aliphatic carbocycles. The highest BCUT2D eigenvalue weighted by Crippen LogP contribution is 2.42. The SMILES string of the molecule is Cc1cc(F)cc(C(Br)c2cc(Br)cc3c2OCC3)c1. The highest BCUT2D eigenvalue weighted by atomic mass is 79.9. The molecule has 1 aliphatic heterocycles. The molecule has 1 nitrogen and oxygen atoms in total. The van der Waals surface area contributed by atoms with Crippen LogP contribution in [0.5, 0.6) is 5.75 Å². The molecular weight excluding hydrogens is 387 g/mol. The van der Waals surface area contributed by atoms with E-state index in [1.807, 2.05) is 19.1 Å². The Morgan fingerprint density at radius 2 is 2.00 bits per heavy atom. The zero-order valence-corrected chi connectivity index (χ0v) is 14.1. The highest BCUT2D eigenvalue weighted by Gasteiger charge is 2.23. The summed E-state index contributed by atoms with van der Waals surface area (Å²) in [4.78, 5) is -0.0822. The first kappa shape index (κ1) is 14.1. The van der Waals surface area contributed by atoms with Crippen LogP contribution in [0, 0.1) is 12.7 Å². The molecular formula is C16H13Br2FO. The summed E-state index contributed by atoms with van der Waals surface area (Å²) in [5.41, 5.74) is 4.05. The van der Waals surface area contributed by atoms with E-state index in [9.17, 15) is 4.39 Å². The lowest BCUT2D eigenvalue weighted by molar-refractivity contribution is 0.354. The van der Waals surface area contributed by atoms with Crippen LogP contribution in [0.1, 0.15) is 27.1 Å². The number of alkyl halides is 1. The second-order valence-electron chi connectivity index (χ2n) is 5.01. The average Bonchev–Trinajstić information content (AvgIpc) is 2.83. The van der Waals surface area contributed by atoms with Crippen molar-refractivity contribution in [2.45, 2.75) is 18.2 Å². The summed E-state index contributed by atoms with van der Waals surface area (Å²) in [6.45, 7) is 2.61. The van der Waals surface area contributed by atoms with Crippen LogP contribution in [0.25, 0.3) is 0 Å². The molecule has 20 heavy (non-hydrogen) atoms. The van der Waals surface area contributed by atoms with Crippen LogP contribution in [-0.4, -0.2) is 6.61 Å². The van der Waals surface area contributed by atoms with Gasteiger partial charge in [0.05, 0.1) is 11.4 Å². The molecule has 0 saturated heterocycles. The summed E-state index contributed by atoms with van der Waals surface area (Å²) < 4.78 is 20.4. The van der Waals surface area contributed by atoms with Crippen LogP contribution in [0.4, 0.5) is 4.39 Å². The normalized spacial score (nSPS) is 14.8. The van der Waals surface area contributed by atoms with Gasteiger partial charge in [-0.1, -0.05) is 37.9 Å². The number of hydrogen-bond acceptors (Lipinski definition) is 1. The zero-order chi connectivity index (χ0) is 14.3. The van der Waals surface area contributed by atoms with Gasteiger partial charge in [0, 0.05) is 16.5 Å². The van der Waals surface area contributed by atoms with E-state index in [1.54, 1.807) is 6.07 Å². The first-order chi connectivity index (χ1) is 9.54. The maximum atomic E-state index is 13.6. The van der Waals surface area contributed by atoms with Gasteiger partial charge >= 0.3 is 0 Å². The molecule has 0 bridgehead atoms. The third-order valence-electron chi connectivity index (χ3n) is 3.41. The van der Waals surface area contributed by atoms with Gasteiger partial charge in [-0.25, -0.2) is 4.39 Å². The van der Waals surface area contributed by atoms with Crippen molar-refractivity contribution in [3.8, 4) is 5.75 Å². The molecule has 3 rings (SSSR count). The Bertz CT molecular complexity index is 650. The van der Waals surface area contributed by atoms with Crippen molar-refractivity contribution >= 4 is 31.9 Å². The first-order valence-corrected chi connectivity index (χ1v) is 8.12. The minimum Gasteiger partial charge on any atom is -0.493 e. The maximum Gasteiger partial charge on any atom is 0.127 e. The van der Waals surface area contributed by atoms with Crippen LogP contribution in [0.3, 0.4) is 0 Å². The number of fused-ring (bicyclic) bond motifs is 1. The lowest BCUT2D eigenvalue weighted by Gasteiger charge is -2.16. The van der Waals surface area contributed by atoms with Crippen molar-refractivity contribution in [3.63, 3.8) is 0 Å². The van der Waals surface area contributed by atoms with Crippen molar-refractivity contribution < 1.29 is 9.13 Å². The van der Waals surface area contributed by atoms with E-state index in [4.69, 9.17) is 4.74 Å². The van der Waals surface area contributed by atoms with Gasteiger partial charge in [0.2, 0.25) is 0 Å². The minimum atomic E-state index is -0.211. The molecule has 2 aromatic rings. The molecule has 0 fully saturated rings. The predicted molar refractivity (Wildman–Crippen MR) is 85.2 cm³/mol. The molecule has 0 radical (unpaired) electrons. The minimum absolute atomic E-state index is 0.0822. The summed E-state index contributed by atoms with van der Waals surface area (Å²) >= 11 is 7.22. The fourth-order valence-corrected chi connectivity index (χ4v) is 3.70. The van der Waals surface area contributed by atoms with Gasteiger partial charge in [-0.3, -0.25) is 0 Å². The molecule has 1 aliphatic rings. The van der Waals surface area contributed by atoms with Crippen LogP contribution >= 0.6 is 31.9 Å². The number of ether oxygens (including phenoxy) is 1. The third-order valence-corrected chi connectivity index (χ3v) is 4.89. The van der Waals surface area contributed by atoms with Gasteiger partial charge in [-0.2, -0.15) is 0 Å². The van der Waals surface area contributed by atoms with Gasteiger partial charge < -0.3 is 4.74 Å². The van der Waals surface area contributed by atoms with E-state index >= 15 is 0 Å². The van der Waals surface area contributed by atoms with Crippen molar-refractivity contribution in [1.82, 2.24) is 0 Å². The van der Waals surface area contributed by atoms with Gasteiger partial charge in [0.1, 0.15) is 11.6 Å². The summed E-state index contributed by atoms with van der Waals surface area (Å²) in [5, 5.41) is 0. The smallest absolute Gasteiger partial charge is 0.127 e. The lowest BCUT2D eigenvalue weighted by Crippen LogP contribution is -1.98. The highest BCUT2D eigenvalue weighted by molar-refractivity contribution is 9.10. The zero-order valence-electron chi connectivity index (χ0n) is 10.9. The average molecular weight is 400 g/mol. The summed E-state index contributed by atoms with van der Waals surface area (Å²) in [5.74, 6) is 0.717. The molecule has 104 valence electrons. The van der Waals surface area contributed by atoms with Gasteiger partial charge in [-0.15, -0.1) is 0 Å². The number of halogens is 3. The Labute approximate surface area is 134 Å². The fourth-order valence-electron chi connectivity index (χ4n) is 2.58. The maximum absolute atomic E-state index is 13.6. The second-order valence-corrected chi connectivity index (χ2v) is 6.84. The Balaban J connectivity index is 2.08. The van der Waals surface area contributed by atoms with Crippen LogP contribution in [0.15, 0.2) is 34.8 Å². The largest absolute Gasteiger partial charge is 0.493 e.